The number of ether oxygens (including phenoxy) is 2. The molecule has 0 aromatic heterocycles. The minimum absolute atomic E-state index is 0.00401. The van der Waals surface area contributed by atoms with Crippen LogP contribution in [-0.2, 0) is 10.3 Å². The van der Waals surface area contributed by atoms with E-state index in [4.69, 9.17) is 9.47 Å². The number of hydrogen-bond donors (Lipinski definition) is 0. The first-order valence-electron chi connectivity index (χ1n) is 11.2. The van der Waals surface area contributed by atoms with Gasteiger partial charge < -0.3 is 14.4 Å². The van der Waals surface area contributed by atoms with Gasteiger partial charge in [-0.15, -0.1) is 0 Å². The Balaban J connectivity index is 1.67. The molecule has 6 rings (SSSR count). The summed E-state index contributed by atoms with van der Waals surface area (Å²) in [5, 5.41) is 11.6. The summed E-state index contributed by atoms with van der Waals surface area (Å²) in [6.45, 7) is 1.97. The SMILES string of the molecule is C[C@@H]1Oc2ccc([N+](=O)[O-])cc2[C@H]2OC(c3ccccc3)(c3ccccc3)c3ccccc3N12. The van der Waals surface area contributed by atoms with Gasteiger partial charge in [0.2, 0.25) is 0 Å². The van der Waals surface area contributed by atoms with Crippen molar-refractivity contribution in [2.75, 3.05) is 4.90 Å². The van der Waals surface area contributed by atoms with Crippen molar-refractivity contribution >= 4 is 11.4 Å². The normalized spacial score (nSPS) is 19.9. The van der Waals surface area contributed by atoms with Crippen LogP contribution in [-0.4, -0.2) is 11.2 Å². The summed E-state index contributed by atoms with van der Waals surface area (Å²) in [5.74, 6) is 0.591. The van der Waals surface area contributed by atoms with Gasteiger partial charge in [0.25, 0.3) is 5.69 Å². The Kier molecular flexibility index (Phi) is 4.64. The first-order chi connectivity index (χ1) is 16.6. The molecule has 2 atom stereocenters. The van der Waals surface area contributed by atoms with Gasteiger partial charge in [-0.05, 0) is 30.2 Å². The third kappa shape index (κ3) is 2.92. The summed E-state index contributed by atoms with van der Waals surface area (Å²) in [7, 11) is 0. The van der Waals surface area contributed by atoms with Crippen LogP contribution in [0.1, 0.15) is 35.4 Å². The number of benzene rings is 4. The largest absolute Gasteiger partial charge is 0.470 e. The Bertz CT molecular complexity index is 1330. The average Bonchev–Trinajstić information content (AvgIpc) is 2.88. The highest BCUT2D eigenvalue weighted by Gasteiger charge is 2.51. The summed E-state index contributed by atoms with van der Waals surface area (Å²) >= 11 is 0. The highest BCUT2D eigenvalue weighted by atomic mass is 16.6. The zero-order valence-electron chi connectivity index (χ0n) is 18.5. The van der Waals surface area contributed by atoms with E-state index in [1.165, 1.54) is 6.07 Å². The van der Waals surface area contributed by atoms with Gasteiger partial charge in [-0.25, -0.2) is 0 Å². The van der Waals surface area contributed by atoms with Gasteiger partial charge in [0.05, 0.1) is 10.5 Å². The molecule has 2 heterocycles. The quantitative estimate of drug-likeness (QED) is 0.276. The second-order valence-corrected chi connectivity index (χ2v) is 8.50. The van der Waals surface area contributed by atoms with Gasteiger partial charge in [-0.2, -0.15) is 0 Å². The summed E-state index contributed by atoms with van der Waals surface area (Å²) in [5.41, 5.74) is 3.66. The Hall–Kier alpha value is -4.16. The predicted octanol–water partition coefficient (Wildman–Crippen LogP) is 6.16. The van der Waals surface area contributed by atoms with Crippen molar-refractivity contribution in [2.24, 2.45) is 0 Å². The van der Waals surface area contributed by atoms with Crippen LogP contribution in [0.4, 0.5) is 11.4 Å². The molecular formula is C28H22N2O4. The van der Waals surface area contributed by atoms with Crippen molar-refractivity contribution in [1.82, 2.24) is 0 Å². The van der Waals surface area contributed by atoms with Gasteiger partial charge in [0.15, 0.2) is 12.5 Å². The molecule has 6 heteroatoms. The van der Waals surface area contributed by atoms with Crippen molar-refractivity contribution in [3.63, 3.8) is 0 Å². The van der Waals surface area contributed by atoms with E-state index >= 15 is 0 Å². The third-order valence-corrected chi connectivity index (χ3v) is 6.62. The molecule has 0 N–H and O–H groups in total. The van der Waals surface area contributed by atoms with Crippen molar-refractivity contribution in [2.45, 2.75) is 25.0 Å². The molecule has 0 saturated carbocycles. The molecule has 6 nitrogen and oxygen atoms in total. The van der Waals surface area contributed by atoms with E-state index in [1.807, 2.05) is 55.5 Å². The van der Waals surface area contributed by atoms with Crippen LogP contribution < -0.4 is 9.64 Å². The first-order valence-corrected chi connectivity index (χ1v) is 11.2. The van der Waals surface area contributed by atoms with Gasteiger partial charge in [0, 0.05) is 23.4 Å². The van der Waals surface area contributed by atoms with Crippen LogP contribution in [0.15, 0.2) is 103 Å². The van der Waals surface area contributed by atoms with E-state index in [-0.39, 0.29) is 16.8 Å². The molecule has 4 aromatic rings. The second-order valence-electron chi connectivity index (χ2n) is 8.50. The van der Waals surface area contributed by atoms with E-state index in [9.17, 15) is 10.1 Å². The summed E-state index contributed by atoms with van der Waals surface area (Å²) in [6.07, 6.45) is -0.918. The van der Waals surface area contributed by atoms with E-state index < -0.39 is 11.8 Å². The molecule has 0 amide bonds. The van der Waals surface area contributed by atoms with Gasteiger partial charge in [0.1, 0.15) is 11.4 Å². The highest BCUT2D eigenvalue weighted by molar-refractivity contribution is 5.67. The summed E-state index contributed by atoms with van der Waals surface area (Å²) in [4.78, 5) is 13.3. The van der Waals surface area contributed by atoms with Crippen LogP contribution in [0.25, 0.3) is 0 Å². The van der Waals surface area contributed by atoms with Crippen molar-refractivity contribution in [1.29, 1.82) is 0 Å². The molecule has 4 aromatic carbocycles. The zero-order chi connectivity index (χ0) is 23.3. The number of fused-ring (bicyclic) bond motifs is 5. The third-order valence-electron chi connectivity index (χ3n) is 6.62. The molecular weight excluding hydrogens is 428 g/mol. The number of anilines is 1. The van der Waals surface area contributed by atoms with Crippen LogP contribution in [0.5, 0.6) is 5.75 Å². The van der Waals surface area contributed by atoms with E-state index in [0.717, 1.165) is 22.4 Å². The monoisotopic (exact) mass is 450 g/mol. The topological polar surface area (TPSA) is 64.8 Å². The molecule has 0 saturated heterocycles. The second kappa shape index (κ2) is 7.71. The lowest BCUT2D eigenvalue weighted by Crippen LogP contribution is -2.53. The van der Waals surface area contributed by atoms with Crippen LogP contribution in [0.3, 0.4) is 0 Å². The Morgan fingerprint density at radius 2 is 1.47 bits per heavy atom. The fraction of sp³-hybridized carbons (Fsp3) is 0.143. The maximum atomic E-state index is 11.6. The fourth-order valence-corrected chi connectivity index (χ4v) is 5.16. The first kappa shape index (κ1) is 20.4. The lowest BCUT2D eigenvalue weighted by molar-refractivity contribution is -0.385. The number of nitrogens with zero attached hydrogens (tertiary/aromatic N) is 2. The number of nitro groups is 1. The van der Waals surface area contributed by atoms with Gasteiger partial charge in [-0.3, -0.25) is 10.1 Å². The Morgan fingerprint density at radius 3 is 2.12 bits per heavy atom. The minimum Gasteiger partial charge on any atom is -0.470 e. The lowest BCUT2D eigenvalue weighted by atomic mass is 9.77. The van der Waals surface area contributed by atoms with Crippen LogP contribution in [0.2, 0.25) is 0 Å². The van der Waals surface area contributed by atoms with Gasteiger partial charge in [-0.1, -0.05) is 78.9 Å². The molecule has 0 spiro atoms. The van der Waals surface area contributed by atoms with E-state index in [2.05, 4.69) is 41.3 Å². The summed E-state index contributed by atoms with van der Waals surface area (Å²) in [6, 6.07) is 33.1. The highest BCUT2D eigenvalue weighted by Crippen LogP contribution is 2.55. The maximum Gasteiger partial charge on any atom is 0.270 e. The molecule has 34 heavy (non-hydrogen) atoms. The maximum absolute atomic E-state index is 11.6. The predicted molar refractivity (Wildman–Crippen MR) is 129 cm³/mol. The molecule has 0 bridgehead atoms. The van der Waals surface area contributed by atoms with Crippen LogP contribution >= 0.6 is 0 Å². The van der Waals surface area contributed by atoms with Crippen molar-refractivity contribution < 1.29 is 14.4 Å². The van der Waals surface area contributed by atoms with E-state index in [0.29, 0.717) is 11.3 Å². The number of hydrogen-bond acceptors (Lipinski definition) is 5. The van der Waals surface area contributed by atoms with Crippen LogP contribution in [0, 0.1) is 10.1 Å². The van der Waals surface area contributed by atoms with E-state index in [1.54, 1.807) is 12.1 Å². The molecule has 0 unspecified atom stereocenters. The standard InChI is InChI=1S/C28H22N2O4/c1-19-29-25-15-9-8-14-24(25)28(20-10-4-2-5-11-20,21-12-6-3-7-13-21)34-27(29)23-18-22(30(31)32)16-17-26(23)33-19/h2-19,27H,1H3/t19-,27+/m0/s1. The van der Waals surface area contributed by atoms with Crippen molar-refractivity contribution in [3.8, 4) is 5.75 Å². The zero-order valence-corrected chi connectivity index (χ0v) is 18.5. The molecule has 2 aliphatic rings. The average molecular weight is 450 g/mol. The number of nitro benzene ring substituents is 1. The Labute approximate surface area is 197 Å². The number of non-ortho nitro benzene ring substituents is 1. The molecule has 0 fully saturated rings. The molecule has 168 valence electrons. The minimum atomic E-state index is -0.917. The molecule has 0 aliphatic carbocycles. The molecule has 2 aliphatic heterocycles. The fourth-order valence-electron chi connectivity index (χ4n) is 5.16. The number of rotatable bonds is 3. The lowest BCUT2D eigenvalue weighted by Gasteiger charge is -2.52. The smallest absolute Gasteiger partial charge is 0.270 e. The Morgan fingerprint density at radius 1 is 0.853 bits per heavy atom. The van der Waals surface area contributed by atoms with Crippen molar-refractivity contribution in [3.05, 3.63) is 135 Å². The molecule has 0 radical (unpaired) electrons. The number of para-hydroxylation sites is 1. The van der Waals surface area contributed by atoms with Gasteiger partial charge >= 0.3 is 0 Å². The summed E-state index contributed by atoms with van der Waals surface area (Å²) < 4.78 is 13.3.